The van der Waals surface area contributed by atoms with Crippen molar-refractivity contribution in [2.45, 2.75) is 40.2 Å². The molecule has 19 heavy (non-hydrogen) atoms. The third-order valence-corrected chi connectivity index (χ3v) is 3.34. The third-order valence-electron chi connectivity index (χ3n) is 2.47. The number of aromatic nitrogens is 1. The van der Waals surface area contributed by atoms with Gasteiger partial charge >= 0.3 is 0 Å². The lowest BCUT2D eigenvalue weighted by atomic mass is 10.2. The van der Waals surface area contributed by atoms with Crippen LogP contribution in [0.25, 0.3) is 0 Å². The molecule has 0 unspecified atom stereocenters. The zero-order valence-electron chi connectivity index (χ0n) is 12.4. The Morgan fingerprint density at radius 1 is 1.32 bits per heavy atom. The fourth-order valence-electron chi connectivity index (χ4n) is 1.35. The van der Waals surface area contributed by atoms with E-state index in [4.69, 9.17) is 0 Å². The Morgan fingerprint density at radius 2 is 2.00 bits per heavy atom. The normalized spacial score (nSPS) is 11.6. The molecule has 0 aliphatic carbocycles. The van der Waals surface area contributed by atoms with Crippen molar-refractivity contribution in [1.29, 1.82) is 0 Å². The Bertz CT molecular complexity index is 388. The number of hydrogen-bond donors (Lipinski definition) is 2. The van der Waals surface area contributed by atoms with Crippen LogP contribution in [-0.2, 0) is 6.54 Å². The van der Waals surface area contributed by atoms with Crippen molar-refractivity contribution < 1.29 is 0 Å². The molecule has 0 bridgehead atoms. The van der Waals surface area contributed by atoms with Crippen LogP contribution >= 0.6 is 35.3 Å². The Morgan fingerprint density at radius 3 is 2.47 bits per heavy atom. The molecule has 1 aromatic rings. The lowest BCUT2D eigenvalue weighted by molar-refractivity contribution is 0.614. The van der Waals surface area contributed by atoms with Crippen molar-refractivity contribution in [2.75, 3.05) is 13.6 Å². The van der Waals surface area contributed by atoms with Crippen molar-refractivity contribution in [3.63, 3.8) is 0 Å². The van der Waals surface area contributed by atoms with Crippen molar-refractivity contribution in [3.05, 3.63) is 16.1 Å². The summed E-state index contributed by atoms with van der Waals surface area (Å²) in [6.07, 6.45) is 0. The van der Waals surface area contributed by atoms with Crippen molar-refractivity contribution in [1.82, 2.24) is 15.6 Å². The van der Waals surface area contributed by atoms with E-state index in [2.05, 4.69) is 53.7 Å². The molecule has 0 saturated heterocycles. The summed E-state index contributed by atoms with van der Waals surface area (Å²) < 4.78 is 0. The maximum atomic E-state index is 4.58. The second kappa shape index (κ2) is 9.52. The van der Waals surface area contributed by atoms with Crippen molar-refractivity contribution in [3.8, 4) is 0 Å². The average Bonchev–Trinajstić information content (AvgIpc) is 2.78. The molecule has 0 atom stereocenters. The molecule has 1 aromatic heterocycles. The molecule has 0 aliphatic heterocycles. The summed E-state index contributed by atoms with van der Waals surface area (Å²) in [5.74, 6) is 1.94. The third kappa shape index (κ3) is 7.10. The number of halogens is 1. The summed E-state index contributed by atoms with van der Waals surface area (Å²) in [5.41, 5.74) is 1.17. The van der Waals surface area contributed by atoms with Gasteiger partial charge in [-0.3, -0.25) is 4.99 Å². The standard InChI is InChI=1S/C13H24N4S.HI/c1-9(2)6-15-13(14-5)16-7-12-17-11(8-18-12)10(3)4;/h8-10H,6-7H2,1-5H3,(H2,14,15,16);1H. The first-order chi connectivity index (χ1) is 8.52. The van der Waals surface area contributed by atoms with E-state index in [1.807, 2.05) is 0 Å². The van der Waals surface area contributed by atoms with Crippen LogP contribution in [0.3, 0.4) is 0 Å². The number of nitrogens with zero attached hydrogens (tertiary/aromatic N) is 2. The molecule has 0 amide bonds. The molecular weight excluding hydrogens is 371 g/mol. The zero-order chi connectivity index (χ0) is 13.5. The Balaban J connectivity index is 0.00000324. The van der Waals surface area contributed by atoms with Gasteiger partial charge in [0.15, 0.2) is 5.96 Å². The van der Waals surface area contributed by atoms with Gasteiger partial charge in [-0.05, 0) is 11.8 Å². The lowest BCUT2D eigenvalue weighted by Gasteiger charge is -2.12. The summed E-state index contributed by atoms with van der Waals surface area (Å²) in [6, 6.07) is 0. The van der Waals surface area contributed by atoms with Crippen LogP contribution in [-0.4, -0.2) is 24.5 Å². The highest BCUT2D eigenvalue weighted by atomic mass is 127. The van der Waals surface area contributed by atoms with Gasteiger partial charge in [-0.1, -0.05) is 27.7 Å². The number of rotatable bonds is 5. The molecule has 110 valence electrons. The van der Waals surface area contributed by atoms with Crippen LogP contribution in [0, 0.1) is 5.92 Å². The van der Waals surface area contributed by atoms with E-state index in [1.165, 1.54) is 5.69 Å². The van der Waals surface area contributed by atoms with Crippen LogP contribution in [0.1, 0.15) is 44.3 Å². The second-order valence-corrected chi connectivity index (χ2v) is 5.96. The van der Waals surface area contributed by atoms with Gasteiger partial charge in [0.25, 0.3) is 0 Å². The monoisotopic (exact) mass is 396 g/mol. The Hall–Kier alpha value is -0.370. The Labute approximate surface area is 137 Å². The number of guanidine groups is 1. The van der Waals surface area contributed by atoms with Gasteiger partial charge in [0.05, 0.1) is 12.2 Å². The molecule has 0 aromatic carbocycles. The van der Waals surface area contributed by atoms with E-state index in [0.717, 1.165) is 24.1 Å². The van der Waals surface area contributed by atoms with Gasteiger partial charge in [-0.25, -0.2) is 4.98 Å². The largest absolute Gasteiger partial charge is 0.356 e. The minimum Gasteiger partial charge on any atom is -0.356 e. The Kier molecular flexibility index (Phi) is 9.34. The average molecular weight is 396 g/mol. The predicted octanol–water partition coefficient (Wildman–Crippen LogP) is 3.21. The first-order valence-corrected chi connectivity index (χ1v) is 7.29. The number of thiazole rings is 1. The van der Waals surface area contributed by atoms with Crippen LogP contribution in [0.4, 0.5) is 0 Å². The van der Waals surface area contributed by atoms with Crippen LogP contribution in [0.2, 0.25) is 0 Å². The van der Waals surface area contributed by atoms with Gasteiger partial charge in [-0.15, -0.1) is 35.3 Å². The van der Waals surface area contributed by atoms with Crippen LogP contribution in [0.15, 0.2) is 10.4 Å². The first-order valence-electron chi connectivity index (χ1n) is 6.41. The van der Waals surface area contributed by atoms with Crippen LogP contribution in [0.5, 0.6) is 0 Å². The molecule has 0 spiro atoms. The van der Waals surface area contributed by atoms with E-state index >= 15 is 0 Å². The highest BCUT2D eigenvalue weighted by molar-refractivity contribution is 14.0. The minimum absolute atomic E-state index is 0. The molecule has 2 N–H and O–H groups in total. The fourth-order valence-corrected chi connectivity index (χ4v) is 2.25. The molecule has 0 fully saturated rings. The van der Waals surface area contributed by atoms with Gasteiger partial charge in [-0.2, -0.15) is 0 Å². The van der Waals surface area contributed by atoms with Gasteiger partial charge in [0.1, 0.15) is 5.01 Å². The fraction of sp³-hybridized carbons (Fsp3) is 0.692. The van der Waals surface area contributed by atoms with Crippen molar-refractivity contribution >= 4 is 41.3 Å². The highest BCUT2D eigenvalue weighted by Gasteiger charge is 2.06. The molecule has 0 aliphatic rings. The molecule has 1 heterocycles. The number of aliphatic imine (C=N–C) groups is 1. The second-order valence-electron chi connectivity index (χ2n) is 5.02. The van der Waals surface area contributed by atoms with E-state index in [1.54, 1.807) is 18.4 Å². The molecule has 0 radical (unpaired) electrons. The summed E-state index contributed by atoms with van der Waals surface area (Å²) in [5, 5.41) is 9.80. The SMILES string of the molecule is CN=C(NCc1nc(C(C)C)cs1)NCC(C)C.I. The molecule has 0 saturated carbocycles. The summed E-state index contributed by atoms with van der Waals surface area (Å²) in [6.45, 7) is 10.3. The minimum atomic E-state index is 0. The molecular formula is C13H25IN4S. The van der Waals surface area contributed by atoms with Gasteiger partial charge in [0.2, 0.25) is 0 Å². The molecule has 6 heteroatoms. The van der Waals surface area contributed by atoms with Crippen molar-refractivity contribution in [2.24, 2.45) is 10.9 Å². The van der Waals surface area contributed by atoms with E-state index in [0.29, 0.717) is 11.8 Å². The smallest absolute Gasteiger partial charge is 0.191 e. The number of hydrogen-bond acceptors (Lipinski definition) is 3. The summed E-state index contributed by atoms with van der Waals surface area (Å²) >= 11 is 1.70. The van der Waals surface area contributed by atoms with Crippen LogP contribution < -0.4 is 10.6 Å². The highest BCUT2D eigenvalue weighted by Crippen LogP contribution is 2.17. The molecule has 1 rings (SSSR count). The van der Waals surface area contributed by atoms with E-state index in [-0.39, 0.29) is 24.0 Å². The predicted molar refractivity (Wildman–Crippen MR) is 94.7 cm³/mol. The summed E-state index contributed by atoms with van der Waals surface area (Å²) in [7, 11) is 1.79. The summed E-state index contributed by atoms with van der Waals surface area (Å²) in [4.78, 5) is 8.77. The van der Waals surface area contributed by atoms with Gasteiger partial charge < -0.3 is 10.6 Å². The maximum absolute atomic E-state index is 4.58. The lowest BCUT2D eigenvalue weighted by Crippen LogP contribution is -2.38. The van der Waals surface area contributed by atoms with E-state index < -0.39 is 0 Å². The van der Waals surface area contributed by atoms with Gasteiger partial charge in [0, 0.05) is 19.0 Å². The number of nitrogens with one attached hydrogen (secondary N) is 2. The maximum Gasteiger partial charge on any atom is 0.191 e. The zero-order valence-corrected chi connectivity index (χ0v) is 15.5. The van der Waals surface area contributed by atoms with E-state index in [9.17, 15) is 0 Å². The first kappa shape index (κ1) is 18.6. The molecule has 4 nitrogen and oxygen atoms in total. The topological polar surface area (TPSA) is 49.3 Å². The quantitative estimate of drug-likeness (QED) is 0.457.